The third kappa shape index (κ3) is 9.38. The fourth-order valence-electron chi connectivity index (χ4n) is 4.31. The minimum Gasteiger partial charge on any atom is -0.497 e. The summed E-state index contributed by atoms with van der Waals surface area (Å²) >= 11 is 12.4. The SMILES string of the molecule is CCCCNC(=O)[C@@H](Cc1ccccc1)N(Cc1cccc(OC)c1)C(=O)CN(c1ccc(Cl)cc1Cl)S(C)(=O)=O. The Morgan fingerprint density at radius 2 is 1.68 bits per heavy atom. The summed E-state index contributed by atoms with van der Waals surface area (Å²) in [5, 5.41) is 3.35. The van der Waals surface area contributed by atoms with Gasteiger partial charge in [0.1, 0.15) is 18.3 Å². The molecule has 220 valence electrons. The Morgan fingerprint density at radius 3 is 2.32 bits per heavy atom. The van der Waals surface area contributed by atoms with Gasteiger partial charge in [-0.2, -0.15) is 0 Å². The van der Waals surface area contributed by atoms with Gasteiger partial charge in [-0.3, -0.25) is 13.9 Å². The van der Waals surface area contributed by atoms with Crippen LogP contribution in [0.15, 0.2) is 72.8 Å². The number of ether oxygens (including phenoxy) is 1. The number of sulfonamides is 1. The van der Waals surface area contributed by atoms with E-state index in [4.69, 9.17) is 27.9 Å². The summed E-state index contributed by atoms with van der Waals surface area (Å²) in [7, 11) is -2.41. The lowest BCUT2D eigenvalue weighted by molar-refractivity contribution is -0.140. The van der Waals surface area contributed by atoms with Gasteiger partial charge in [-0.25, -0.2) is 8.42 Å². The fraction of sp³-hybridized carbons (Fsp3) is 0.333. The third-order valence-electron chi connectivity index (χ3n) is 6.45. The third-order valence-corrected chi connectivity index (χ3v) is 8.11. The van der Waals surface area contributed by atoms with Gasteiger partial charge in [-0.1, -0.05) is 79.0 Å². The van der Waals surface area contributed by atoms with Crippen LogP contribution in [0.3, 0.4) is 0 Å². The lowest BCUT2D eigenvalue weighted by Gasteiger charge is -2.33. The standard InChI is InChI=1S/C30H35Cl2N3O5S/c1-4-5-16-33-30(37)28(18-22-10-7-6-8-11-22)34(20-23-12-9-13-25(17-23)40-2)29(36)21-35(41(3,38)39)27-15-14-24(31)19-26(27)32/h6-15,17,19,28H,4-5,16,18,20-21H2,1-3H3,(H,33,37)/t28-/m1/s1. The highest BCUT2D eigenvalue weighted by atomic mass is 35.5. The number of nitrogens with one attached hydrogen (secondary N) is 1. The monoisotopic (exact) mass is 619 g/mol. The van der Waals surface area contributed by atoms with Crippen molar-refractivity contribution in [3.63, 3.8) is 0 Å². The molecule has 0 saturated carbocycles. The van der Waals surface area contributed by atoms with Gasteiger partial charge in [0.05, 0.1) is 24.1 Å². The van der Waals surface area contributed by atoms with Crippen molar-refractivity contribution in [3.8, 4) is 5.75 Å². The summed E-state index contributed by atoms with van der Waals surface area (Å²) in [5.41, 5.74) is 1.68. The summed E-state index contributed by atoms with van der Waals surface area (Å²) in [5.74, 6) is -0.308. The topological polar surface area (TPSA) is 96.0 Å². The smallest absolute Gasteiger partial charge is 0.244 e. The highest BCUT2D eigenvalue weighted by Gasteiger charge is 2.33. The van der Waals surface area contributed by atoms with E-state index in [1.165, 1.54) is 23.1 Å². The number of unbranched alkanes of at least 4 members (excludes halogenated alkanes) is 1. The first kappa shape index (κ1) is 32.2. The zero-order chi connectivity index (χ0) is 30.0. The van der Waals surface area contributed by atoms with Gasteiger partial charge in [0.15, 0.2) is 0 Å². The molecule has 0 heterocycles. The van der Waals surface area contributed by atoms with Crippen molar-refractivity contribution in [1.29, 1.82) is 0 Å². The van der Waals surface area contributed by atoms with E-state index in [1.807, 2.05) is 43.3 Å². The molecular weight excluding hydrogens is 585 g/mol. The Labute approximate surface area is 252 Å². The maximum Gasteiger partial charge on any atom is 0.244 e. The zero-order valence-corrected chi connectivity index (χ0v) is 25.7. The number of rotatable bonds is 14. The van der Waals surface area contributed by atoms with Gasteiger partial charge in [-0.15, -0.1) is 0 Å². The Kier molecular flexibility index (Phi) is 11.9. The Bertz CT molecular complexity index is 1440. The first-order valence-corrected chi connectivity index (χ1v) is 15.8. The predicted molar refractivity (Wildman–Crippen MR) is 164 cm³/mol. The molecule has 2 amide bonds. The molecule has 0 aromatic heterocycles. The molecule has 1 atom stereocenters. The lowest BCUT2D eigenvalue weighted by atomic mass is 10.0. The maximum atomic E-state index is 14.1. The number of anilines is 1. The summed E-state index contributed by atoms with van der Waals surface area (Å²) in [4.78, 5) is 29.2. The predicted octanol–water partition coefficient (Wildman–Crippen LogP) is 5.32. The van der Waals surface area contributed by atoms with Crippen LogP contribution in [0.5, 0.6) is 5.75 Å². The van der Waals surface area contributed by atoms with E-state index in [1.54, 1.807) is 25.3 Å². The number of amides is 2. The molecule has 0 aliphatic rings. The van der Waals surface area contributed by atoms with Crippen LogP contribution < -0.4 is 14.4 Å². The molecule has 3 aromatic rings. The van der Waals surface area contributed by atoms with Crippen LogP contribution in [0.2, 0.25) is 10.0 Å². The Balaban J connectivity index is 2.06. The number of methoxy groups -OCH3 is 1. The molecule has 0 radical (unpaired) electrons. The average molecular weight is 621 g/mol. The van der Waals surface area contributed by atoms with Gasteiger partial charge in [0, 0.05) is 24.5 Å². The van der Waals surface area contributed by atoms with Crippen LogP contribution >= 0.6 is 23.2 Å². The van der Waals surface area contributed by atoms with Crippen LogP contribution in [0.4, 0.5) is 5.69 Å². The van der Waals surface area contributed by atoms with Crippen molar-refractivity contribution < 1.29 is 22.7 Å². The van der Waals surface area contributed by atoms with Crippen molar-refractivity contribution >= 4 is 50.7 Å². The van der Waals surface area contributed by atoms with Crippen LogP contribution in [0, 0.1) is 0 Å². The van der Waals surface area contributed by atoms with Crippen LogP contribution in [0.25, 0.3) is 0 Å². The number of carbonyl (C=O) groups is 2. The first-order chi connectivity index (χ1) is 19.5. The summed E-state index contributed by atoms with van der Waals surface area (Å²) in [6.07, 6.45) is 2.90. The molecule has 0 spiro atoms. The van der Waals surface area contributed by atoms with Gasteiger partial charge < -0.3 is 15.0 Å². The van der Waals surface area contributed by atoms with Crippen LogP contribution in [0.1, 0.15) is 30.9 Å². The number of halogens is 2. The molecule has 3 rings (SSSR count). The van der Waals surface area contributed by atoms with Crippen molar-refractivity contribution in [1.82, 2.24) is 10.2 Å². The molecule has 0 bridgehead atoms. The molecule has 41 heavy (non-hydrogen) atoms. The minimum atomic E-state index is -3.95. The van der Waals surface area contributed by atoms with Crippen LogP contribution in [-0.4, -0.2) is 57.6 Å². The fourth-order valence-corrected chi connectivity index (χ4v) is 5.73. The average Bonchev–Trinajstić information content (AvgIpc) is 2.94. The number of carbonyl (C=O) groups excluding carboxylic acids is 2. The normalized spacial score (nSPS) is 11.9. The first-order valence-electron chi connectivity index (χ1n) is 13.2. The highest BCUT2D eigenvalue weighted by Crippen LogP contribution is 2.31. The van der Waals surface area contributed by atoms with E-state index >= 15 is 0 Å². The number of hydrogen-bond acceptors (Lipinski definition) is 5. The Hall–Kier alpha value is -3.27. The lowest BCUT2D eigenvalue weighted by Crippen LogP contribution is -2.53. The van der Waals surface area contributed by atoms with Gasteiger partial charge in [-0.05, 0) is 47.9 Å². The molecule has 0 aliphatic carbocycles. The quantitative estimate of drug-likeness (QED) is 0.246. The molecule has 8 nitrogen and oxygen atoms in total. The minimum absolute atomic E-state index is 0.0423. The molecule has 0 saturated heterocycles. The molecular formula is C30H35Cl2N3O5S. The van der Waals surface area contributed by atoms with E-state index in [-0.39, 0.29) is 29.6 Å². The van der Waals surface area contributed by atoms with Crippen molar-refractivity contribution in [2.24, 2.45) is 0 Å². The summed E-state index contributed by atoms with van der Waals surface area (Å²) < 4.78 is 32.1. The second-order valence-electron chi connectivity index (χ2n) is 9.59. The zero-order valence-electron chi connectivity index (χ0n) is 23.3. The molecule has 11 heteroatoms. The summed E-state index contributed by atoms with van der Waals surface area (Å²) in [6, 6.07) is 20.0. The van der Waals surface area contributed by atoms with Crippen molar-refractivity contribution in [2.75, 3.05) is 30.8 Å². The molecule has 0 unspecified atom stereocenters. The molecule has 3 aromatic carbocycles. The van der Waals surface area contributed by atoms with E-state index in [0.717, 1.165) is 29.0 Å². The van der Waals surface area contributed by atoms with E-state index < -0.39 is 28.5 Å². The van der Waals surface area contributed by atoms with Crippen LogP contribution in [-0.2, 0) is 32.6 Å². The molecule has 0 aliphatic heterocycles. The van der Waals surface area contributed by atoms with E-state index in [2.05, 4.69) is 5.32 Å². The molecule has 1 N–H and O–H groups in total. The number of nitrogens with zero attached hydrogens (tertiary/aromatic N) is 2. The maximum absolute atomic E-state index is 14.1. The van der Waals surface area contributed by atoms with Gasteiger partial charge >= 0.3 is 0 Å². The number of hydrogen-bond donors (Lipinski definition) is 1. The number of benzene rings is 3. The van der Waals surface area contributed by atoms with E-state index in [9.17, 15) is 18.0 Å². The van der Waals surface area contributed by atoms with Crippen molar-refractivity contribution in [2.45, 2.75) is 38.8 Å². The van der Waals surface area contributed by atoms with E-state index in [0.29, 0.717) is 22.9 Å². The summed E-state index contributed by atoms with van der Waals surface area (Å²) in [6.45, 7) is 1.95. The van der Waals surface area contributed by atoms with Crippen molar-refractivity contribution in [3.05, 3.63) is 94.0 Å². The second-order valence-corrected chi connectivity index (χ2v) is 12.3. The van der Waals surface area contributed by atoms with Gasteiger partial charge in [0.2, 0.25) is 21.8 Å². The largest absolute Gasteiger partial charge is 0.497 e. The molecule has 0 fully saturated rings. The second kappa shape index (κ2) is 15.1. The Morgan fingerprint density at radius 1 is 0.976 bits per heavy atom. The van der Waals surface area contributed by atoms with Gasteiger partial charge in [0.25, 0.3) is 0 Å². The highest BCUT2D eigenvalue weighted by molar-refractivity contribution is 7.92.